The van der Waals surface area contributed by atoms with Crippen LogP contribution in [0.4, 0.5) is 0 Å². The predicted octanol–water partition coefficient (Wildman–Crippen LogP) is 1.88. The van der Waals surface area contributed by atoms with Crippen molar-refractivity contribution in [2.24, 2.45) is 13.0 Å². The molecule has 0 aliphatic heterocycles. The molecule has 1 aromatic heterocycles. The van der Waals surface area contributed by atoms with Crippen LogP contribution in [0.2, 0.25) is 0 Å². The lowest BCUT2D eigenvalue weighted by Gasteiger charge is -2.26. The lowest BCUT2D eigenvalue weighted by molar-refractivity contribution is -0.125. The minimum Gasteiger partial charge on any atom is -0.451 e. The van der Waals surface area contributed by atoms with E-state index < -0.39 is 5.97 Å². The molecule has 2 rings (SSSR count). The molecule has 5 heteroatoms. The highest BCUT2D eigenvalue weighted by atomic mass is 16.5. The highest BCUT2D eigenvalue weighted by molar-refractivity contribution is 5.89. The third-order valence-corrected chi connectivity index (χ3v) is 3.87. The molecule has 5 nitrogen and oxygen atoms in total. The lowest BCUT2D eigenvalue weighted by atomic mass is 9.87. The molecule has 1 saturated carbocycles. The Bertz CT molecular complexity index is 473. The smallest absolute Gasteiger partial charge is 0.355 e. The molecule has 1 aliphatic carbocycles. The van der Waals surface area contributed by atoms with Gasteiger partial charge in [-0.25, -0.2) is 4.79 Å². The number of nitrogens with zero attached hydrogens (tertiary/aromatic N) is 1. The summed E-state index contributed by atoms with van der Waals surface area (Å²) in [6.07, 6.45) is 6.08. The first kappa shape index (κ1) is 14.6. The molecular weight excluding hydrogens is 256 g/mol. The van der Waals surface area contributed by atoms with Crippen LogP contribution >= 0.6 is 0 Å². The normalized spacial score (nSPS) is 22.3. The average Bonchev–Trinajstić information content (AvgIpc) is 2.85. The van der Waals surface area contributed by atoms with Crippen molar-refractivity contribution in [1.29, 1.82) is 0 Å². The molecule has 1 aliphatic rings. The summed E-state index contributed by atoms with van der Waals surface area (Å²) in [5.74, 6) is 0.0651. The summed E-state index contributed by atoms with van der Waals surface area (Å²) < 4.78 is 6.69. The van der Waals surface area contributed by atoms with Gasteiger partial charge in [-0.2, -0.15) is 0 Å². The summed E-state index contributed by atoms with van der Waals surface area (Å²) in [6, 6.07) is 3.66. The molecule has 0 aromatic carbocycles. The zero-order valence-electron chi connectivity index (χ0n) is 12.1. The van der Waals surface area contributed by atoms with Gasteiger partial charge in [0.1, 0.15) is 5.69 Å². The zero-order valence-corrected chi connectivity index (χ0v) is 12.1. The number of hydrogen-bond acceptors (Lipinski definition) is 3. The predicted molar refractivity (Wildman–Crippen MR) is 75.3 cm³/mol. The van der Waals surface area contributed by atoms with Crippen LogP contribution in [0.15, 0.2) is 18.3 Å². The molecule has 110 valence electrons. The molecule has 1 aromatic rings. The number of carbonyl (C=O) groups excluding carboxylic acids is 2. The second kappa shape index (κ2) is 6.59. The Kier molecular flexibility index (Phi) is 4.82. The van der Waals surface area contributed by atoms with Gasteiger partial charge in [0, 0.05) is 19.3 Å². The Labute approximate surface area is 119 Å². The molecule has 1 heterocycles. The van der Waals surface area contributed by atoms with E-state index in [-0.39, 0.29) is 18.6 Å². The number of aromatic nitrogens is 1. The fourth-order valence-corrected chi connectivity index (χ4v) is 2.55. The van der Waals surface area contributed by atoms with Crippen LogP contribution in [0.5, 0.6) is 0 Å². The van der Waals surface area contributed by atoms with E-state index in [1.54, 1.807) is 29.9 Å². The van der Waals surface area contributed by atoms with E-state index in [1.807, 2.05) is 0 Å². The van der Waals surface area contributed by atoms with Gasteiger partial charge >= 0.3 is 5.97 Å². The molecule has 0 bridgehead atoms. The highest BCUT2D eigenvalue weighted by Gasteiger charge is 2.20. The van der Waals surface area contributed by atoms with Crippen molar-refractivity contribution in [2.75, 3.05) is 6.61 Å². The van der Waals surface area contributed by atoms with Crippen LogP contribution < -0.4 is 5.32 Å². The molecule has 0 spiro atoms. The SMILES string of the molecule is CC1CCC(NC(=O)COC(=O)c2cccn2C)CC1. The van der Waals surface area contributed by atoms with E-state index in [0.717, 1.165) is 31.6 Å². The Hall–Kier alpha value is -1.78. The van der Waals surface area contributed by atoms with E-state index in [2.05, 4.69) is 12.2 Å². The number of rotatable bonds is 4. The zero-order chi connectivity index (χ0) is 14.5. The van der Waals surface area contributed by atoms with Gasteiger partial charge in [-0.1, -0.05) is 6.92 Å². The van der Waals surface area contributed by atoms with Gasteiger partial charge in [-0.15, -0.1) is 0 Å². The van der Waals surface area contributed by atoms with E-state index >= 15 is 0 Å². The summed E-state index contributed by atoms with van der Waals surface area (Å²) in [5, 5.41) is 2.93. The van der Waals surface area contributed by atoms with Gasteiger partial charge in [0.15, 0.2) is 6.61 Å². The summed E-state index contributed by atoms with van der Waals surface area (Å²) in [7, 11) is 1.76. The number of nitrogens with one attached hydrogen (secondary N) is 1. The first-order chi connectivity index (χ1) is 9.56. The van der Waals surface area contributed by atoms with E-state index in [9.17, 15) is 9.59 Å². The van der Waals surface area contributed by atoms with Crippen LogP contribution in [0, 0.1) is 5.92 Å². The second-order valence-electron chi connectivity index (χ2n) is 5.60. The molecule has 0 radical (unpaired) electrons. The lowest BCUT2D eigenvalue weighted by Crippen LogP contribution is -2.39. The Morgan fingerprint density at radius 3 is 2.65 bits per heavy atom. The van der Waals surface area contributed by atoms with Crippen molar-refractivity contribution in [2.45, 2.75) is 38.6 Å². The third kappa shape index (κ3) is 3.85. The molecule has 0 saturated heterocycles. The maximum absolute atomic E-state index is 11.8. The topological polar surface area (TPSA) is 60.3 Å². The van der Waals surface area contributed by atoms with Crippen molar-refractivity contribution in [3.05, 3.63) is 24.0 Å². The third-order valence-electron chi connectivity index (χ3n) is 3.87. The monoisotopic (exact) mass is 278 g/mol. The number of hydrogen-bond donors (Lipinski definition) is 1. The number of ether oxygens (including phenoxy) is 1. The maximum Gasteiger partial charge on any atom is 0.355 e. The summed E-state index contributed by atoms with van der Waals surface area (Å²) in [4.78, 5) is 23.5. The van der Waals surface area contributed by atoms with Crippen molar-refractivity contribution >= 4 is 11.9 Å². The quantitative estimate of drug-likeness (QED) is 0.855. The Morgan fingerprint density at radius 1 is 1.35 bits per heavy atom. The Balaban J connectivity index is 1.73. The average molecular weight is 278 g/mol. The van der Waals surface area contributed by atoms with Crippen molar-refractivity contribution in [3.63, 3.8) is 0 Å². The molecule has 1 N–H and O–H groups in total. The molecular formula is C15H22N2O3. The minimum atomic E-state index is -0.468. The van der Waals surface area contributed by atoms with E-state index in [1.165, 1.54) is 0 Å². The van der Waals surface area contributed by atoms with Crippen LogP contribution in [0.3, 0.4) is 0 Å². The highest BCUT2D eigenvalue weighted by Crippen LogP contribution is 2.23. The summed E-state index contributed by atoms with van der Waals surface area (Å²) >= 11 is 0. The van der Waals surface area contributed by atoms with Gasteiger partial charge in [-0.3, -0.25) is 4.79 Å². The number of carbonyl (C=O) groups is 2. The Morgan fingerprint density at radius 2 is 2.05 bits per heavy atom. The molecule has 20 heavy (non-hydrogen) atoms. The van der Waals surface area contributed by atoms with Crippen LogP contribution in [-0.2, 0) is 16.6 Å². The maximum atomic E-state index is 11.8. The van der Waals surface area contributed by atoms with E-state index in [4.69, 9.17) is 4.74 Å². The number of amides is 1. The van der Waals surface area contributed by atoms with Crippen LogP contribution in [0.25, 0.3) is 0 Å². The van der Waals surface area contributed by atoms with Gasteiger partial charge in [-0.05, 0) is 43.7 Å². The molecule has 1 fully saturated rings. The van der Waals surface area contributed by atoms with Gasteiger partial charge in [0.05, 0.1) is 0 Å². The van der Waals surface area contributed by atoms with Crippen molar-refractivity contribution in [1.82, 2.24) is 9.88 Å². The number of aryl methyl sites for hydroxylation is 1. The molecule has 0 unspecified atom stereocenters. The van der Waals surface area contributed by atoms with E-state index in [0.29, 0.717) is 5.69 Å². The van der Waals surface area contributed by atoms with Crippen LogP contribution in [-0.4, -0.2) is 29.1 Å². The standard InChI is InChI=1S/C15H22N2O3/c1-11-5-7-12(8-6-11)16-14(18)10-20-15(19)13-4-3-9-17(13)2/h3-4,9,11-12H,5-8,10H2,1-2H3,(H,16,18). The second-order valence-corrected chi connectivity index (χ2v) is 5.60. The van der Waals surface area contributed by atoms with Crippen molar-refractivity contribution in [3.8, 4) is 0 Å². The summed E-state index contributed by atoms with van der Waals surface area (Å²) in [6.45, 7) is 2.02. The summed E-state index contributed by atoms with van der Waals surface area (Å²) in [5.41, 5.74) is 0.448. The first-order valence-electron chi connectivity index (χ1n) is 7.14. The van der Waals surface area contributed by atoms with Crippen molar-refractivity contribution < 1.29 is 14.3 Å². The molecule has 1 amide bonds. The van der Waals surface area contributed by atoms with Crippen LogP contribution in [0.1, 0.15) is 43.1 Å². The largest absolute Gasteiger partial charge is 0.451 e. The fraction of sp³-hybridized carbons (Fsp3) is 0.600. The number of esters is 1. The minimum absolute atomic E-state index is 0.212. The van der Waals surface area contributed by atoms with Gasteiger partial charge in [0.25, 0.3) is 5.91 Å². The van der Waals surface area contributed by atoms with Gasteiger partial charge < -0.3 is 14.6 Å². The fourth-order valence-electron chi connectivity index (χ4n) is 2.55. The molecule has 0 atom stereocenters. The van der Waals surface area contributed by atoms with Gasteiger partial charge in [0.2, 0.25) is 0 Å². The first-order valence-corrected chi connectivity index (χ1v) is 7.14.